The highest BCUT2D eigenvalue weighted by Gasteiger charge is 2.24. The molecule has 0 aliphatic rings. The van der Waals surface area contributed by atoms with Gasteiger partial charge in [-0.15, -0.1) is 0 Å². The number of benzene rings is 4. The second-order valence-electron chi connectivity index (χ2n) is 12.4. The molecule has 0 unspecified atom stereocenters. The Labute approximate surface area is 245 Å². The van der Waals surface area contributed by atoms with Gasteiger partial charge in [-0.3, -0.25) is 4.79 Å². The summed E-state index contributed by atoms with van der Waals surface area (Å²) in [6, 6.07) is 31.4. The van der Waals surface area contributed by atoms with Crippen LogP contribution in [0, 0.1) is 0 Å². The molecule has 4 nitrogen and oxygen atoms in total. The molecule has 0 aliphatic heterocycles. The maximum atomic E-state index is 13.1. The van der Waals surface area contributed by atoms with Crippen LogP contribution in [-0.4, -0.2) is 18.0 Å². The number of rotatable bonds is 10. The Morgan fingerprint density at radius 1 is 0.561 bits per heavy atom. The van der Waals surface area contributed by atoms with Crippen molar-refractivity contribution >= 4 is 5.78 Å². The van der Waals surface area contributed by atoms with Crippen molar-refractivity contribution in [2.24, 2.45) is 0 Å². The van der Waals surface area contributed by atoms with Crippen LogP contribution in [0.4, 0.5) is 0 Å². The van der Waals surface area contributed by atoms with Gasteiger partial charge in [-0.05, 0) is 107 Å². The summed E-state index contributed by atoms with van der Waals surface area (Å²) in [5.41, 5.74) is 3.89. The molecule has 4 heteroatoms. The van der Waals surface area contributed by atoms with Gasteiger partial charge >= 0.3 is 0 Å². The van der Waals surface area contributed by atoms with Crippen LogP contribution in [-0.2, 0) is 15.8 Å². The average molecular weight is 551 g/mol. The number of carbonyl (C=O) groups excluding carboxylic acids is 1. The van der Waals surface area contributed by atoms with Gasteiger partial charge in [0.05, 0.1) is 5.60 Å². The van der Waals surface area contributed by atoms with Crippen LogP contribution >= 0.6 is 0 Å². The highest BCUT2D eigenvalue weighted by atomic mass is 16.5. The Kier molecular flexibility index (Phi) is 8.74. The molecule has 0 amide bonds. The second-order valence-corrected chi connectivity index (χ2v) is 12.4. The maximum absolute atomic E-state index is 13.1. The van der Waals surface area contributed by atoms with E-state index in [1.165, 1.54) is 11.1 Å². The van der Waals surface area contributed by atoms with Gasteiger partial charge in [0.15, 0.2) is 5.78 Å². The van der Waals surface area contributed by atoms with Crippen LogP contribution in [0.3, 0.4) is 0 Å². The zero-order chi connectivity index (χ0) is 29.8. The summed E-state index contributed by atoms with van der Waals surface area (Å²) >= 11 is 0. The quantitative estimate of drug-likeness (QED) is 0.184. The van der Waals surface area contributed by atoms with Crippen LogP contribution in [0.2, 0.25) is 0 Å². The van der Waals surface area contributed by atoms with E-state index in [0.717, 1.165) is 17.1 Å². The predicted molar refractivity (Wildman–Crippen MR) is 166 cm³/mol. The standard InChI is InChI=1S/C37H42O4/c1-9-39-37(7,8)30-14-10-26(11-15-30)34(38)27-12-20-31(21-13-27)40-32-22-16-28(17-23-32)36(5,6)29-18-24-33(25-19-29)41-35(2,3)4/h10-25H,9H2,1-8H3. The molecule has 0 bridgehead atoms. The average Bonchev–Trinajstić information content (AvgIpc) is 2.93. The van der Waals surface area contributed by atoms with Gasteiger partial charge in [0.1, 0.15) is 22.8 Å². The van der Waals surface area contributed by atoms with E-state index in [2.05, 4.69) is 38.1 Å². The number of ether oxygens (including phenoxy) is 3. The molecule has 0 radical (unpaired) electrons. The molecule has 0 aliphatic carbocycles. The highest BCUT2D eigenvalue weighted by Crippen LogP contribution is 2.34. The number of hydrogen-bond acceptors (Lipinski definition) is 4. The Morgan fingerprint density at radius 2 is 0.951 bits per heavy atom. The van der Waals surface area contributed by atoms with Gasteiger partial charge in [-0.25, -0.2) is 0 Å². The van der Waals surface area contributed by atoms with Gasteiger partial charge in [0, 0.05) is 23.1 Å². The van der Waals surface area contributed by atoms with E-state index < -0.39 is 5.60 Å². The molecule has 4 aromatic carbocycles. The number of hydrogen-bond donors (Lipinski definition) is 0. The molecule has 0 fully saturated rings. The summed E-state index contributed by atoms with van der Waals surface area (Å²) in [7, 11) is 0. The number of ketones is 1. The van der Waals surface area contributed by atoms with E-state index >= 15 is 0 Å². The third-order valence-corrected chi connectivity index (χ3v) is 7.28. The first-order chi connectivity index (χ1) is 19.3. The Morgan fingerprint density at radius 3 is 1.39 bits per heavy atom. The summed E-state index contributed by atoms with van der Waals surface area (Å²) in [5.74, 6) is 2.26. The smallest absolute Gasteiger partial charge is 0.193 e. The van der Waals surface area contributed by atoms with Crippen molar-refractivity contribution in [3.05, 3.63) is 125 Å². The Hall–Kier alpha value is -3.89. The molecule has 4 rings (SSSR count). The van der Waals surface area contributed by atoms with Crippen molar-refractivity contribution in [3.63, 3.8) is 0 Å². The molecule has 0 saturated carbocycles. The summed E-state index contributed by atoms with van der Waals surface area (Å²) < 4.78 is 17.9. The monoisotopic (exact) mass is 550 g/mol. The van der Waals surface area contributed by atoms with Gasteiger partial charge in [0.25, 0.3) is 0 Å². The molecule has 0 heterocycles. The minimum atomic E-state index is -0.393. The van der Waals surface area contributed by atoms with Crippen LogP contribution in [0.15, 0.2) is 97.1 Å². The van der Waals surface area contributed by atoms with E-state index in [-0.39, 0.29) is 16.8 Å². The fraction of sp³-hybridized carbons (Fsp3) is 0.324. The van der Waals surface area contributed by atoms with Gasteiger partial charge < -0.3 is 14.2 Å². The first-order valence-electron chi connectivity index (χ1n) is 14.3. The minimum Gasteiger partial charge on any atom is -0.488 e. The van der Waals surface area contributed by atoms with Crippen LogP contribution in [0.1, 0.15) is 88.0 Å². The largest absolute Gasteiger partial charge is 0.488 e. The van der Waals surface area contributed by atoms with Crippen molar-refractivity contribution in [3.8, 4) is 17.2 Å². The summed E-state index contributed by atoms with van der Waals surface area (Å²) in [5, 5.41) is 0. The van der Waals surface area contributed by atoms with E-state index in [9.17, 15) is 4.79 Å². The Bertz CT molecular complexity index is 1440. The van der Waals surface area contributed by atoms with E-state index in [1.807, 2.05) is 102 Å². The molecular weight excluding hydrogens is 508 g/mol. The SMILES string of the molecule is CCOC(C)(C)c1ccc(C(=O)c2ccc(Oc3ccc(C(C)(C)c4ccc(OC(C)(C)C)cc4)cc3)cc2)cc1. The lowest BCUT2D eigenvalue weighted by molar-refractivity contribution is -0.0140. The van der Waals surface area contributed by atoms with Crippen molar-refractivity contribution in [2.45, 2.75) is 72.0 Å². The minimum absolute atomic E-state index is 0.0260. The molecule has 0 atom stereocenters. The van der Waals surface area contributed by atoms with E-state index in [4.69, 9.17) is 14.2 Å². The lowest BCUT2D eigenvalue weighted by Crippen LogP contribution is -2.23. The topological polar surface area (TPSA) is 44.8 Å². The van der Waals surface area contributed by atoms with Gasteiger partial charge in [-0.1, -0.05) is 62.4 Å². The fourth-order valence-electron chi connectivity index (χ4n) is 4.84. The van der Waals surface area contributed by atoms with Gasteiger partial charge in [0.2, 0.25) is 0 Å². The van der Waals surface area contributed by atoms with Crippen molar-refractivity contribution in [1.29, 1.82) is 0 Å². The van der Waals surface area contributed by atoms with Crippen LogP contribution in [0.25, 0.3) is 0 Å². The predicted octanol–water partition coefficient (Wildman–Crippen LogP) is 9.48. The number of carbonyl (C=O) groups is 1. The van der Waals surface area contributed by atoms with E-state index in [0.29, 0.717) is 23.5 Å². The van der Waals surface area contributed by atoms with Crippen molar-refractivity contribution in [2.75, 3.05) is 6.61 Å². The van der Waals surface area contributed by atoms with Crippen LogP contribution in [0.5, 0.6) is 17.2 Å². The molecule has 0 saturated heterocycles. The summed E-state index contributed by atoms with van der Waals surface area (Å²) in [6.07, 6.45) is 0. The molecule has 41 heavy (non-hydrogen) atoms. The molecule has 4 aromatic rings. The third kappa shape index (κ3) is 7.45. The lowest BCUT2D eigenvalue weighted by Gasteiger charge is -2.27. The highest BCUT2D eigenvalue weighted by molar-refractivity contribution is 6.09. The van der Waals surface area contributed by atoms with Crippen LogP contribution < -0.4 is 9.47 Å². The first-order valence-corrected chi connectivity index (χ1v) is 14.3. The zero-order valence-corrected chi connectivity index (χ0v) is 25.6. The molecule has 0 N–H and O–H groups in total. The molecular formula is C37H42O4. The fourth-order valence-corrected chi connectivity index (χ4v) is 4.84. The first kappa shape index (κ1) is 30.1. The molecule has 0 aromatic heterocycles. The van der Waals surface area contributed by atoms with Gasteiger partial charge in [-0.2, -0.15) is 0 Å². The summed E-state index contributed by atoms with van der Waals surface area (Å²) in [4.78, 5) is 13.1. The van der Waals surface area contributed by atoms with E-state index in [1.54, 1.807) is 12.1 Å². The summed E-state index contributed by atoms with van der Waals surface area (Å²) in [6.45, 7) is 17.2. The van der Waals surface area contributed by atoms with Crippen molar-refractivity contribution < 1.29 is 19.0 Å². The molecule has 0 spiro atoms. The van der Waals surface area contributed by atoms with Crippen molar-refractivity contribution in [1.82, 2.24) is 0 Å². The Balaban J connectivity index is 1.40. The third-order valence-electron chi connectivity index (χ3n) is 7.28. The maximum Gasteiger partial charge on any atom is 0.193 e. The lowest BCUT2D eigenvalue weighted by atomic mass is 9.78. The zero-order valence-electron chi connectivity index (χ0n) is 25.6. The molecule has 214 valence electrons. The normalized spacial score (nSPS) is 12.2. The second kappa shape index (κ2) is 11.9.